The highest BCUT2D eigenvalue weighted by Crippen LogP contribution is 2.26. The zero-order valence-corrected chi connectivity index (χ0v) is 10.5. The van der Waals surface area contributed by atoms with Crippen LogP contribution in [0.2, 0.25) is 0 Å². The molecule has 1 aromatic heterocycles. The summed E-state index contributed by atoms with van der Waals surface area (Å²) in [6.45, 7) is 2.81. The maximum atomic E-state index is 13.7. The van der Waals surface area contributed by atoms with Crippen molar-refractivity contribution in [1.29, 1.82) is 0 Å². The Morgan fingerprint density at radius 2 is 2.06 bits per heavy atom. The van der Waals surface area contributed by atoms with Crippen LogP contribution >= 0.6 is 0 Å². The van der Waals surface area contributed by atoms with Gasteiger partial charge in [-0.25, -0.2) is 9.37 Å². The molecule has 0 spiro atoms. The monoisotopic (exact) mass is 245 g/mol. The molecule has 0 saturated heterocycles. The van der Waals surface area contributed by atoms with Gasteiger partial charge in [0, 0.05) is 31.5 Å². The third kappa shape index (κ3) is 2.59. The Labute approximate surface area is 106 Å². The van der Waals surface area contributed by atoms with E-state index in [2.05, 4.69) is 10.3 Å². The summed E-state index contributed by atoms with van der Waals surface area (Å²) in [6, 6.07) is 10.5. The van der Waals surface area contributed by atoms with Crippen molar-refractivity contribution in [3.63, 3.8) is 0 Å². The number of rotatable bonds is 4. The Hall–Kier alpha value is -2.10. The normalized spacial score (nSPS) is 10.2. The first-order valence-electron chi connectivity index (χ1n) is 5.90. The van der Waals surface area contributed by atoms with Gasteiger partial charge in [-0.3, -0.25) is 0 Å². The average Bonchev–Trinajstić information content (AvgIpc) is 2.39. The van der Waals surface area contributed by atoms with E-state index in [0.717, 1.165) is 18.1 Å². The van der Waals surface area contributed by atoms with E-state index in [9.17, 15) is 4.39 Å². The van der Waals surface area contributed by atoms with Crippen molar-refractivity contribution in [3.8, 4) is 0 Å². The molecule has 0 bridgehead atoms. The highest BCUT2D eigenvalue weighted by molar-refractivity contribution is 5.65. The highest BCUT2D eigenvalue weighted by atomic mass is 19.1. The van der Waals surface area contributed by atoms with E-state index in [0.29, 0.717) is 5.69 Å². The lowest BCUT2D eigenvalue weighted by Crippen LogP contribution is -2.12. The van der Waals surface area contributed by atoms with E-state index in [4.69, 9.17) is 0 Å². The van der Waals surface area contributed by atoms with Crippen LogP contribution in [0.5, 0.6) is 0 Å². The lowest BCUT2D eigenvalue weighted by Gasteiger charge is -2.20. The largest absolute Gasteiger partial charge is 0.370 e. The second kappa shape index (κ2) is 5.49. The smallest absolute Gasteiger partial charge is 0.146 e. The van der Waals surface area contributed by atoms with E-state index in [1.807, 2.05) is 32.2 Å². The molecule has 0 fully saturated rings. The van der Waals surface area contributed by atoms with Crippen molar-refractivity contribution in [1.82, 2.24) is 4.98 Å². The Morgan fingerprint density at radius 3 is 2.78 bits per heavy atom. The molecule has 0 saturated carbocycles. The van der Waals surface area contributed by atoms with Gasteiger partial charge in [0.2, 0.25) is 0 Å². The summed E-state index contributed by atoms with van der Waals surface area (Å²) in [7, 11) is 1.84. The lowest BCUT2D eigenvalue weighted by molar-refractivity contribution is 0.627. The fourth-order valence-corrected chi connectivity index (χ4v) is 1.77. The number of aromatic nitrogens is 1. The second-order valence-corrected chi connectivity index (χ2v) is 3.94. The Kier molecular flexibility index (Phi) is 3.77. The molecule has 4 heteroatoms. The number of anilines is 3. The zero-order chi connectivity index (χ0) is 13.0. The topological polar surface area (TPSA) is 28.2 Å². The molecule has 3 nitrogen and oxygen atoms in total. The maximum Gasteiger partial charge on any atom is 0.146 e. The van der Waals surface area contributed by atoms with Crippen molar-refractivity contribution in [3.05, 3.63) is 48.4 Å². The van der Waals surface area contributed by atoms with Gasteiger partial charge >= 0.3 is 0 Å². The minimum absolute atomic E-state index is 0.234. The molecule has 0 amide bonds. The SMILES string of the molecule is CCNc1cc(N(C)c2ccccc2F)ccn1. The van der Waals surface area contributed by atoms with E-state index in [1.165, 1.54) is 6.07 Å². The van der Waals surface area contributed by atoms with E-state index in [-0.39, 0.29) is 5.82 Å². The molecule has 94 valence electrons. The Morgan fingerprint density at radius 1 is 1.28 bits per heavy atom. The molecule has 1 N–H and O–H groups in total. The van der Waals surface area contributed by atoms with E-state index >= 15 is 0 Å². The molecule has 1 aromatic carbocycles. The first-order valence-corrected chi connectivity index (χ1v) is 5.90. The maximum absolute atomic E-state index is 13.7. The van der Waals surface area contributed by atoms with Gasteiger partial charge in [0.25, 0.3) is 0 Å². The molecule has 0 unspecified atom stereocenters. The molecule has 0 aliphatic heterocycles. The number of benzene rings is 1. The predicted octanol–water partition coefficient (Wildman–Crippen LogP) is 3.42. The molecule has 1 heterocycles. The minimum atomic E-state index is -0.234. The van der Waals surface area contributed by atoms with Crippen LogP contribution in [-0.4, -0.2) is 18.6 Å². The molecule has 0 radical (unpaired) electrons. The number of nitrogens with zero attached hydrogens (tertiary/aromatic N) is 2. The summed E-state index contributed by atoms with van der Waals surface area (Å²) in [4.78, 5) is 6.00. The number of nitrogens with one attached hydrogen (secondary N) is 1. The summed E-state index contributed by atoms with van der Waals surface area (Å²) >= 11 is 0. The number of pyridine rings is 1. The second-order valence-electron chi connectivity index (χ2n) is 3.94. The number of para-hydroxylation sites is 1. The van der Waals surface area contributed by atoms with Crippen LogP contribution in [0, 0.1) is 5.82 Å². The summed E-state index contributed by atoms with van der Waals surface area (Å²) in [5, 5.41) is 3.14. The minimum Gasteiger partial charge on any atom is -0.370 e. The van der Waals surface area contributed by atoms with Gasteiger partial charge < -0.3 is 10.2 Å². The quantitative estimate of drug-likeness (QED) is 0.894. The van der Waals surface area contributed by atoms with Crippen molar-refractivity contribution >= 4 is 17.2 Å². The third-order valence-corrected chi connectivity index (χ3v) is 2.70. The Balaban J connectivity index is 2.31. The predicted molar refractivity (Wildman–Crippen MR) is 72.9 cm³/mol. The fourth-order valence-electron chi connectivity index (χ4n) is 1.77. The fraction of sp³-hybridized carbons (Fsp3) is 0.214. The van der Waals surface area contributed by atoms with Crippen molar-refractivity contribution in [2.24, 2.45) is 0 Å². The molecule has 0 aliphatic rings. The van der Waals surface area contributed by atoms with Crippen LogP contribution in [-0.2, 0) is 0 Å². The van der Waals surface area contributed by atoms with Gasteiger partial charge in [0.05, 0.1) is 5.69 Å². The molecule has 0 aliphatic carbocycles. The van der Waals surface area contributed by atoms with E-state index in [1.54, 1.807) is 23.2 Å². The number of hydrogen-bond acceptors (Lipinski definition) is 3. The summed E-state index contributed by atoms with van der Waals surface area (Å²) in [6.07, 6.45) is 1.71. The van der Waals surface area contributed by atoms with Crippen molar-refractivity contribution < 1.29 is 4.39 Å². The standard InChI is InChI=1S/C14H16FN3/c1-3-16-14-10-11(8-9-17-14)18(2)13-7-5-4-6-12(13)15/h4-10H,3H2,1-2H3,(H,16,17). The molecule has 0 atom stereocenters. The molecular formula is C14H16FN3. The highest BCUT2D eigenvalue weighted by Gasteiger charge is 2.09. The van der Waals surface area contributed by atoms with Gasteiger partial charge in [-0.2, -0.15) is 0 Å². The van der Waals surface area contributed by atoms with Crippen LogP contribution in [0.25, 0.3) is 0 Å². The lowest BCUT2D eigenvalue weighted by atomic mass is 10.2. The van der Waals surface area contributed by atoms with Crippen molar-refractivity contribution in [2.75, 3.05) is 23.8 Å². The zero-order valence-electron chi connectivity index (χ0n) is 10.5. The molecular weight excluding hydrogens is 229 g/mol. The van der Waals surface area contributed by atoms with Crippen LogP contribution < -0.4 is 10.2 Å². The van der Waals surface area contributed by atoms with Gasteiger partial charge in [-0.15, -0.1) is 0 Å². The number of halogens is 1. The summed E-state index contributed by atoms with van der Waals surface area (Å²) in [5.74, 6) is 0.556. The summed E-state index contributed by atoms with van der Waals surface area (Å²) < 4.78 is 13.7. The first-order chi connectivity index (χ1) is 8.72. The summed E-state index contributed by atoms with van der Waals surface area (Å²) in [5.41, 5.74) is 1.44. The number of hydrogen-bond donors (Lipinski definition) is 1. The van der Waals surface area contributed by atoms with Crippen LogP contribution in [0.1, 0.15) is 6.92 Å². The Bertz CT molecular complexity index is 528. The first kappa shape index (κ1) is 12.4. The van der Waals surface area contributed by atoms with Gasteiger partial charge in [-0.1, -0.05) is 12.1 Å². The van der Waals surface area contributed by atoms with Gasteiger partial charge in [0.1, 0.15) is 11.6 Å². The van der Waals surface area contributed by atoms with Crippen LogP contribution in [0.15, 0.2) is 42.6 Å². The third-order valence-electron chi connectivity index (χ3n) is 2.70. The van der Waals surface area contributed by atoms with Crippen molar-refractivity contribution in [2.45, 2.75) is 6.92 Å². The average molecular weight is 245 g/mol. The van der Waals surface area contributed by atoms with Gasteiger partial charge in [0.15, 0.2) is 0 Å². The van der Waals surface area contributed by atoms with Crippen LogP contribution in [0.3, 0.4) is 0 Å². The van der Waals surface area contributed by atoms with Gasteiger partial charge in [-0.05, 0) is 25.1 Å². The molecule has 2 aromatic rings. The molecule has 2 rings (SSSR count). The molecule has 18 heavy (non-hydrogen) atoms. The van der Waals surface area contributed by atoms with Crippen LogP contribution in [0.4, 0.5) is 21.6 Å². The van der Waals surface area contributed by atoms with E-state index < -0.39 is 0 Å².